The molecule has 1 fully saturated rings. The van der Waals surface area contributed by atoms with Crippen LogP contribution in [0, 0.1) is 0 Å². The summed E-state index contributed by atoms with van der Waals surface area (Å²) in [6, 6.07) is 3.85. The van der Waals surface area contributed by atoms with Gasteiger partial charge < -0.3 is 15.4 Å². The van der Waals surface area contributed by atoms with Crippen molar-refractivity contribution in [3.8, 4) is 0 Å². The number of pyridine rings is 2. The Morgan fingerprint density at radius 3 is 2.67 bits per heavy atom. The third-order valence-electron chi connectivity index (χ3n) is 3.47. The number of nitrogens with zero attached hydrogens (tertiary/aromatic N) is 2. The van der Waals surface area contributed by atoms with Crippen LogP contribution in [0.5, 0.6) is 0 Å². The number of rotatable bonds is 3. The molecule has 0 bridgehead atoms. The van der Waals surface area contributed by atoms with E-state index in [0.29, 0.717) is 29.6 Å². The third-order valence-corrected chi connectivity index (χ3v) is 3.77. The molecule has 0 aromatic carbocycles. The van der Waals surface area contributed by atoms with Gasteiger partial charge >= 0.3 is 6.18 Å². The molecule has 24 heavy (non-hydrogen) atoms. The Morgan fingerprint density at radius 1 is 1.25 bits per heavy atom. The number of anilines is 2. The molecule has 5 nitrogen and oxygen atoms in total. The first-order valence-electron chi connectivity index (χ1n) is 7.21. The normalized spacial score (nSPS) is 18.4. The van der Waals surface area contributed by atoms with Gasteiger partial charge in [0.25, 0.3) is 0 Å². The lowest BCUT2D eigenvalue weighted by Gasteiger charge is -2.24. The Bertz CT molecular complexity index is 703. The summed E-state index contributed by atoms with van der Waals surface area (Å²) in [5.41, 5.74) is 0.344. The van der Waals surface area contributed by atoms with Crippen LogP contribution in [0.3, 0.4) is 0 Å². The van der Waals surface area contributed by atoms with E-state index in [1.165, 1.54) is 6.07 Å². The van der Waals surface area contributed by atoms with Crippen LogP contribution in [0.4, 0.5) is 24.7 Å². The zero-order valence-electron chi connectivity index (χ0n) is 12.4. The van der Waals surface area contributed by atoms with Crippen LogP contribution in [0.15, 0.2) is 30.6 Å². The highest BCUT2D eigenvalue weighted by Gasteiger charge is 2.30. The fourth-order valence-electron chi connectivity index (χ4n) is 2.28. The first-order valence-corrected chi connectivity index (χ1v) is 7.59. The monoisotopic (exact) mass is 358 g/mol. The molecule has 1 atom stereocenters. The highest BCUT2D eigenvalue weighted by molar-refractivity contribution is 6.31. The summed E-state index contributed by atoms with van der Waals surface area (Å²) in [7, 11) is 0. The first-order chi connectivity index (χ1) is 11.4. The Kier molecular flexibility index (Phi) is 4.88. The SMILES string of the molecule is FC(F)(F)c1ccc(Nc2cnc([C@@H]3CNCCO3)c(Cl)c2)nc1. The molecule has 0 unspecified atom stereocenters. The molecule has 2 aromatic rings. The first kappa shape index (κ1) is 16.9. The van der Waals surface area contributed by atoms with E-state index in [0.717, 1.165) is 18.8 Å². The molecule has 0 saturated carbocycles. The number of nitrogens with one attached hydrogen (secondary N) is 2. The van der Waals surface area contributed by atoms with Gasteiger partial charge in [0.1, 0.15) is 11.9 Å². The highest BCUT2D eigenvalue weighted by Crippen LogP contribution is 2.30. The van der Waals surface area contributed by atoms with Gasteiger partial charge in [-0.1, -0.05) is 11.6 Å². The second-order valence-corrected chi connectivity index (χ2v) is 5.62. The van der Waals surface area contributed by atoms with Gasteiger partial charge in [-0.2, -0.15) is 13.2 Å². The smallest absolute Gasteiger partial charge is 0.369 e. The zero-order chi connectivity index (χ0) is 17.2. The lowest BCUT2D eigenvalue weighted by molar-refractivity contribution is -0.137. The average Bonchev–Trinajstić information content (AvgIpc) is 2.55. The molecular weight excluding hydrogens is 345 g/mol. The van der Waals surface area contributed by atoms with E-state index < -0.39 is 11.7 Å². The van der Waals surface area contributed by atoms with Gasteiger partial charge in [0.15, 0.2) is 0 Å². The number of hydrogen-bond donors (Lipinski definition) is 2. The average molecular weight is 359 g/mol. The lowest BCUT2D eigenvalue weighted by Crippen LogP contribution is -2.33. The summed E-state index contributed by atoms with van der Waals surface area (Å²) < 4.78 is 43.1. The number of hydrogen-bond acceptors (Lipinski definition) is 5. The molecule has 0 radical (unpaired) electrons. The number of aromatic nitrogens is 2. The molecule has 0 aliphatic carbocycles. The van der Waals surface area contributed by atoms with E-state index in [1.54, 1.807) is 12.3 Å². The van der Waals surface area contributed by atoms with Crippen LogP contribution < -0.4 is 10.6 Å². The summed E-state index contributed by atoms with van der Waals surface area (Å²) in [5.74, 6) is 0.268. The minimum atomic E-state index is -4.41. The Morgan fingerprint density at radius 2 is 2.08 bits per heavy atom. The largest absolute Gasteiger partial charge is 0.417 e. The molecule has 2 N–H and O–H groups in total. The topological polar surface area (TPSA) is 59.1 Å². The Labute approximate surface area is 141 Å². The number of ether oxygens (including phenoxy) is 1. The van der Waals surface area contributed by atoms with E-state index in [4.69, 9.17) is 16.3 Å². The molecule has 9 heteroatoms. The van der Waals surface area contributed by atoms with Gasteiger partial charge in [0.2, 0.25) is 0 Å². The molecule has 3 heterocycles. The summed E-state index contributed by atoms with van der Waals surface area (Å²) in [6.45, 7) is 1.99. The van der Waals surface area contributed by atoms with Crippen molar-refractivity contribution in [2.75, 3.05) is 25.0 Å². The fraction of sp³-hybridized carbons (Fsp3) is 0.333. The van der Waals surface area contributed by atoms with E-state index in [9.17, 15) is 13.2 Å². The second-order valence-electron chi connectivity index (χ2n) is 5.21. The van der Waals surface area contributed by atoms with Gasteiger partial charge in [-0.3, -0.25) is 4.98 Å². The van der Waals surface area contributed by atoms with Crippen LogP contribution in [-0.2, 0) is 10.9 Å². The molecule has 3 rings (SSSR count). The number of alkyl halides is 3. The van der Waals surface area contributed by atoms with Crippen molar-refractivity contribution in [3.05, 3.63) is 46.9 Å². The molecule has 128 valence electrons. The van der Waals surface area contributed by atoms with E-state index in [-0.39, 0.29) is 11.9 Å². The van der Waals surface area contributed by atoms with Crippen LogP contribution in [-0.4, -0.2) is 29.7 Å². The molecule has 1 saturated heterocycles. The minimum Gasteiger partial charge on any atom is -0.369 e. The highest BCUT2D eigenvalue weighted by atomic mass is 35.5. The molecule has 1 aliphatic heterocycles. The fourth-order valence-corrected chi connectivity index (χ4v) is 2.57. The van der Waals surface area contributed by atoms with Crippen LogP contribution in [0.1, 0.15) is 17.4 Å². The molecule has 1 aliphatic rings. The van der Waals surface area contributed by atoms with Gasteiger partial charge in [-0.05, 0) is 18.2 Å². The van der Waals surface area contributed by atoms with Gasteiger partial charge in [-0.25, -0.2) is 4.98 Å². The predicted octanol–water partition coefficient (Wildman–Crippen LogP) is 3.55. The third kappa shape index (κ3) is 3.95. The maximum atomic E-state index is 12.5. The second kappa shape index (κ2) is 6.92. The van der Waals surface area contributed by atoms with E-state index in [1.807, 2.05) is 0 Å². The zero-order valence-corrected chi connectivity index (χ0v) is 13.2. The summed E-state index contributed by atoms with van der Waals surface area (Å²) in [6.07, 6.45) is -2.32. The van der Waals surface area contributed by atoms with Crippen molar-refractivity contribution in [1.29, 1.82) is 0 Å². The van der Waals surface area contributed by atoms with Crippen LogP contribution >= 0.6 is 11.6 Å². The standard InChI is InChI=1S/C15H14ClF3N4O/c16-11-5-10(7-22-14(11)12-8-20-3-4-24-12)23-13-2-1-9(6-21-13)15(17,18)19/h1-2,5-7,12,20H,3-4,8H2,(H,21,23)/t12-/m0/s1. The van der Waals surface area contributed by atoms with Crippen molar-refractivity contribution in [1.82, 2.24) is 15.3 Å². The van der Waals surface area contributed by atoms with Crippen molar-refractivity contribution in [3.63, 3.8) is 0 Å². The van der Waals surface area contributed by atoms with E-state index in [2.05, 4.69) is 20.6 Å². The maximum Gasteiger partial charge on any atom is 0.417 e. The van der Waals surface area contributed by atoms with Crippen molar-refractivity contribution in [2.45, 2.75) is 12.3 Å². The van der Waals surface area contributed by atoms with Gasteiger partial charge in [0, 0.05) is 19.3 Å². The van der Waals surface area contributed by atoms with E-state index >= 15 is 0 Å². The maximum absolute atomic E-state index is 12.5. The van der Waals surface area contributed by atoms with Crippen molar-refractivity contribution < 1.29 is 17.9 Å². The van der Waals surface area contributed by atoms with Crippen molar-refractivity contribution >= 4 is 23.1 Å². The number of halogens is 4. The van der Waals surface area contributed by atoms with Crippen LogP contribution in [0.25, 0.3) is 0 Å². The molecule has 0 amide bonds. The van der Waals surface area contributed by atoms with Gasteiger partial charge in [-0.15, -0.1) is 0 Å². The quantitative estimate of drug-likeness (QED) is 0.878. The number of morpholine rings is 1. The Balaban J connectivity index is 1.72. The molecular formula is C15H14ClF3N4O. The predicted molar refractivity (Wildman–Crippen MR) is 83.3 cm³/mol. The molecule has 0 spiro atoms. The van der Waals surface area contributed by atoms with Gasteiger partial charge in [0.05, 0.1) is 34.8 Å². The van der Waals surface area contributed by atoms with Crippen LogP contribution in [0.2, 0.25) is 5.02 Å². The molecule has 2 aromatic heterocycles. The Hall–Kier alpha value is -1.90. The summed E-state index contributed by atoms with van der Waals surface area (Å²) in [5, 5.41) is 6.48. The van der Waals surface area contributed by atoms with Crippen molar-refractivity contribution in [2.24, 2.45) is 0 Å². The summed E-state index contributed by atoms with van der Waals surface area (Å²) in [4.78, 5) is 8.03. The lowest BCUT2D eigenvalue weighted by atomic mass is 10.2. The minimum absolute atomic E-state index is 0.218. The summed E-state index contributed by atoms with van der Waals surface area (Å²) >= 11 is 6.23.